The van der Waals surface area contributed by atoms with Gasteiger partial charge in [-0.1, -0.05) is 12.1 Å². The van der Waals surface area contributed by atoms with Crippen LogP contribution in [0.3, 0.4) is 0 Å². The lowest BCUT2D eigenvalue weighted by molar-refractivity contribution is 0.0954. The Morgan fingerprint density at radius 2 is 2.05 bits per heavy atom. The Morgan fingerprint density at radius 3 is 2.86 bits per heavy atom. The van der Waals surface area contributed by atoms with Crippen molar-refractivity contribution < 1.29 is 4.79 Å². The Balaban J connectivity index is 1.79. The molecule has 0 bridgehead atoms. The van der Waals surface area contributed by atoms with Crippen LogP contribution in [0.25, 0.3) is 0 Å². The summed E-state index contributed by atoms with van der Waals surface area (Å²) in [5.74, 6) is -0.182. The first-order valence-electron chi connectivity index (χ1n) is 7.53. The minimum atomic E-state index is -0.182. The second-order valence-corrected chi connectivity index (χ2v) is 5.66. The maximum atomic E-state index is 12.2. The number of hydrazone groups is 1. The summed E-state index contributed by atoms with van der Waals surface area (Å²) >= 11 is 0. The highest BCUT2D eigenvalue weighted by atomic mass is 16.2. The monoisotopic (exact) mass is 293 g/mol. The number of hydrogen-bond acceptors (Lipinski definition) is 3. The molecule has 22 heavy (non-hydrogen) atoms. The van der Waals surface area contributed by atoms with E-state index in [0.29, 0.717) is 5.56 Å². The van der Waals surface area contributed by atoms with E-state index < -0.39 is 0 Å². The number of aryl methyl sites for hydroxylation is 3. The van der Waals surface area contributed by atoms with Crippen LogP contribution in [0, 0.1) is 13.8 Å². The highest BCUT2D eigenvalue weighted by Crippen LogP contribution is 2.19. The fourth-order valence-corrected chi connectivity index (χ4v) is 2.64. The average molecular weight is 293 g/mol. The van der Waals surface area contributed by atoms with Crippen molar-refractivity contribution in [3.63, 3.8) is 0 Å². The van der Waals surface area contributed by atoms with Crippen molar-refractivity contribution in [2.45, 2.75) is 33.1 Å². The molecule has 2 aromatic rings. The number of hydrogen-bond donors (Lipinski definition) is 1. The van der Waals surface area contributed by atoms with E-state index in [2.05, 4.69) is 21.6 Å². The number of aromatic nitrogens is 1. The number of nitrogens with one attached hydrogen (secondary N) is 1. The standard InChI is InChI=1S/C18H19N3O/c1-12-8-9-15(11-13(12)2)18(22)21-20-16-7-3-5-14-6-4-10-19-17(14)16/h4,6,8-11H,3,5,7H2,1-2H3,(H,21,22)/b20-16+. The first-order valence-corrected chi connectivity index (χ1v) is 7.53. The molecule has 0 spiro atoms. The van der Waals surface area contributed by atoms with Gasteiger partial charge in [0, 0.05) is 11.8 Å². The number of pyridine rings is 1. The molecule has 0 fully saturated rings. The Morgan fingerprint density at radius 1 is 1.18 bits per heavy atom. The zero-order chi connectivity index (χ0) is 15.5. The number of nitrogens with zero attached hydrogens (tertiary/aromatic N) is 2. The van der Waals surface area contributed by atoms with E-state index in [9.17, 15) is 4.79 Å². The van der Waals surface area contributed by atoms with Gasteiger partial charge in [-0.2, -0.15) is 5.10 Å². The Hall–Kier alpha value is -2.49. The van der Waals surface area contributed by atoms with Gasteiger partial charge >= 0.3 is 0 Å². The molecule has 1 aliphatic rings. The van der Waals surface area contributed by atoms with Crippen molar-refractivity contribution >= 4 is 11.6 Å². The molecule has 1 N–H and O–H groups in total. The summed E-state index contributed by atoms with van der Waals surface area (Å²) in [5.41, 5.74) is 8.54. The first kappa shape index (κ1) is 14.4. The van der Waals surface area contributed by atoms with E-state index in [1.54, 1.807) is 6.20 Å². The van der Waals surface area contributed by atoms with Gasteiger partial charge in [0.15, 0.2) is 0 Å². The lowest BCUT2D eigenvalue weighted by atomic mass is 9.94. The van der Waals surface area contributed by atoms with Crippen LogP contribution in [0.15, 0.2) is 41.6 Å². The molecule has 4 nitrogen and oxygen atoms in total. The number of amides is 1. The van der Waals surface area contributed by atoms with Crippen LogP contribution in [0.2, 0.25) is 0 Å². The molecule has 0 saturated carbocycles. The van der Waals surface area contributed by atoms with Gasteiger partial charge in [-0.3, -0.25) is 9.78 Å². The maximum Gasteiger partial charge on any atom is 0.271 e. The second-order valence-electron chi connectivity index (χ2n) is 5.66. The van der Waals surface area contributed by atoms with Crippen molar-refractivity contribution in [2.24, 2.45) is 5.10 Å². The SMILES string of the molecule is Cc1ccc(C(=O)N/N=C2\CCCc3cccnc32)cc1C. The van der Waals surface area contributed by atoms with E-state index in [-0.39, 0.29) is 5.91 Å². The fourth-order valence-electron chi connectivity index (χ4n) is 2.64. The van der Waals surface area contributed by atoms with Crippen LogP contribution in [-0.4, -0.2) is 16.6 Å². The lowest BCUT2D eigenvalue weighted by Gasteiger charge is -2.16. The first-order chi connectivity index (χ1) is 10.6. The molecular weight excluding hydrogens is 274 g/mol. The van der Waals surface area contributed by atoms with Crippen molar-refractivity contribution in [3.8, 4) is 0 Å². The third-order valence-electron chi connectivity index (χ3n) is 4.09. The van der Waals surface area contributed by atoms with Crippen LogP contribution in [0.4, 0.5) is 0 Å². The molecule has 1 aliphatic carbocycles. The zero-order valence-electron chi connectivity index (χ0n) is 12.9. The van der Waals surface area contributed by atoms with Crippen LogP contribution in [0.5, 0.6) is 0 Å². The average Bonchev–Trinajstić information content (AvgIpc) is 2.55. The highest BCUT2D eigenvalue weighted by molar-refractivity contribution is 6.02. The quantitative estimate of drug-likeness (QED) is 0.865. The predicted octanol–water partition coefficient (Wildman–Crippen LogP) is 3.17. The summed E-state index contributed by atoms with van der Waals surface area (Å²) in [6.07, 6.45) is 4.67. The van der Waals surface area contributed by atoms with Crippen molar-refractivity contribution in [2.75, 3.05) is 0 Å². The van der Waals surface area contributed by atoms with Gasteiger partial charge in [0.05, 0.1) is 11.4 Å². The molecule has 1 heterocycles. The minimum absolute atomic E-state index is 0.182. The van der Waals surface area contributed by atoms with Gasteiger partial charge in [0.1, 0.15) is 0 Å². The second kappa shape index (κ2) is 6.10. The lowest BCUT2D eigenvalue weighted by Crippen LogP contribution is -2.23. The molecule has 0 radical (unpaired) electrons. The summed E-state index contributed by atoms with van der Waals surface area (Å²) in [7, 11) is 0. The normalized spacial score (nSPS) is 15.5. The summed E-state index contributed by atoms with van der Waals surface area (Å²) in [4.78, 5) is 16.6. The van der Waals surface area contributed by atoms with Crippen LogP contribution in [-0.2, 0) is 6.42 Å². The molecule has 0 saturated heterocycles. The molecule has 3 rings (SSSR count). The van der Waals surface area contributed by atoms with Gasteiger partial charge in [0.2, 0.25) is 0 Å². The maximum absolute atomic E-state index is 12.2. The molecule has 1 aromatic heterocycles. The molecule has 0 atom stereocenters. The third kappa shape index (κ3) is 2.91. The van der Waals surface area contributed by atoms with E-state index in [1.807, 2.05) is 38.1 Å². The summed E-state index contributed by atoms with van der Waals surface area (Å²) in [6.45, 7) is 4.03. The minimum Gasteiger partial charge on any atom is -0.267 e. The van der Waals surface area contributed by atoms with Crippen LogP contribution < -0.4 is 5.43 Å². The Kier molecular flexibility index (Phi) is 4.00. The van der Waals surface area contributed by atoms with Gasteiger partial charge in [-0.05, 0) is 68.0 Å². The third-order valence-corrected chi connectivity index (χ3v) is 4.09. The van der Waals surface area contributed by atoms with E-state index in [4.69, 9.17) is 0 Å². The zero-order valence-corrected chi connectivity index (χ0v) is 12.9. The highest BCUT2D eigenvalue weighted by Gasteiger charge is 2.17. The van der Waals surface area contributed by atoms with Crippen LogP contribution >= 0.6 is 0 Å². The number of rotatable bonds is 2. The molecule has 1 aromatic carbocycles. The molecule has 0 aliphatic heterocycles. The Bertz CT molecular complexity index is 750. The summed E-state index contributed by atoms with van der Waals surface area (Å²) < 4.78 is 0. The van der Waals surface area contributed by atoms with E-state index in [0.717, 1.165) is 36.2 Å². The van der Waals surface area contributed by atoms with Crippen molar-refractivity contribution in [3.05, 3.63) is 64.5 Å². The number of benzene rings is 1. The molecule has 0 unspecified atom stereocenters. The number of carbonyl (C=O) groups is 1. The number of carbonyl (C=O) groups excluding carboxylic acids is 1. The molecule has 4 heteroatoms. The van der Waals surface area contributed by atoms with E-state index >= 15 is 0 Å². The number of fused-ring (bicyclic) bond motifs is 1. The molecule has 1 amide bonds. The van der Waals surface area contributed by atoms with Gasteiger partial charge < -0.3 is 0 Å². The molecular formula is C18H19N3O. The van der Waals surface area contributed by atoms with Crippen molar-refractivity contribution in [1.29, 1.82) is 0 Å². The van der Waals surface area contributed by atoms with Gasteiger partial charge in [-0.15, -0.1) is 0 Å². The van der Waals surface area contributed by atoms with Crippen molar-refractivity contribution in [1.82, 2.24) is 10.4 Å². The predicted molar refractivity (Wildman–Crippen MR) is 87.1 cm³/mol. The largest absolute Gasteiger partial charge is 0.271 e. The smallest absolute Gasteiger partial charge is 0.267 e. The van der Waals surface area contributed by atoms with Gasteiger partial charge in [0.25, 0.3) is 5.91 Å². The van der Waals surface area contributed by atoms with E-state index in [1.165, 1.54) is 11.1 Å². The fraction of sp³-hybridized carbons (Fsp3) is 0.278. The summed E-state index contributed by atoms with van der Waals surface area (Å²) in [6, 6.07) is 9.68. The topological polar surface area (TPSA) is 54.4 Å². The molecule has 112 valence electrons. The van der Waals surface area contributed by atoms with Crippen LogP contribution in [0.1, 0.15) is 45.6 Å². The Labute approximate surface area is 130 Å². The summed E-state index contributed by atoms with van der Waals surface area (Å²) in [5, 5.41) is 4.31. The van der Waals surface area contributed by atoms with Gasteiger partial charge in [-0.25, -0.2) is 5.43 Å².